The van der Waals surface area contributed by atoms with E-state index in [0.29, 0.717) is 5.02 Å². The minimum atomic E-state index is -1.07. The van der Waals surface area contributed by atoms with Crippen molar-refractivity contribution in [1.82, 2.24) is 4.98 Å². The third-order valence-electron chi connectivity index (χ3n) is 0.941. The molecule has 1 aromatic heterocycles. The van der Waals surface area contributed by atoms with Gasteiger partial charge in [0, 0.05) is 62.6 Å². The number of pyridine rings is 1. The largest absolute Gasteiger partial charge is 0.477 e. The molecule has 0 aliphatic heterocycles. The van der Waals surface area contributed by atoms with Crippen LogP contribution in [-0.2, 0) is 0 Å². The summed E-state index contributed by atoms with van der Waals surface area (Å²) in [5, 5.41) is 8.77. The van der Waals surface area contributed by atoms with Crippen LogP contribution in [0.25, 0.3) is 0 Å². The molecular formula is C6H4ClKNO2. The van der Waals surface area contributed by atoms with Gasteiger partial charge in [0.25, 0.3) is 0 Å². The number of carboxylic acid groups (broad SMARTS) is 1. The smallest absolute Gasteiger partial charge is 0.354 e. The van der Waals surface area contributed by atoms with E-state index in [1.165, 1.54) is 18.3 Å². The van der Waals surface area contributed by atoms with E-state index in [9.17, 15) is 4.79 Å². The molecule has 1 radical (unpaired) electrons. The van der Waals surface area contributed by atoms with Gasteiger partial charge in [0.05, 0.1) is 0 Å². The molecule has 0 aliphatic carbocycles. The van der Waals surface area contributed by atoms with Crippen LogP contribution in [0.1, 0.15) is 10.5 Å². The second-order valence-electron chi connectivity index (χ2n) is 1.66. The third kappa shape index (κ3) is 3.64. The number of halogens is 1. The summed E-state index contributed by atoms with van der Waals surface area (Å²) >= 11 is 5.49. The molecule has 1 rings (SSSR count). The minimum absolute atomic E-state index is 0. The molecule has 0 aromatic carbocycles. The Morgan fingerprint density at radius 3 is 2.64 bits per heavy atom. The molecule has 5 heteroatoms. The van der Waals surface area contributed by atoms with Gasteiger partial charge in [-0.1, -0.05) is 11.6 Å². The first-order valence-electron chi connectivity index (χ1n) is 2.55. The average Bonchev–Trinajstić information content (AvgIpc) is 1.88. The number of carboxylic acids is 1. The van der Waals surface area contributed by atoms with Gasteiger partial charge in [-0.2, -0.15) is 0 Å². The summed E-state index contributed by atoms with van der Waals surface area (Å²) < 4.78 is 0. The van der Waals surface area contributed by atoms with E-state index < -0.39 is 5.97 Å². The molecular weight excluding hydrogens is 193 g/mol. The summed E-state index contributed by atoms with van der Waals surface area (Å²) in [7, 11) is 0. The standard InChI is InChI=1S/C6H4ClNO2.K/c7-4-1-2-8-5(3-4)6(9)10;/h1-3H,(H,9,10);. The van der Waals surface area contributed by atoms with Crippen LogP contribution in [0.3, 0.4) is 0 Å². The second-order valence-corrected chi connectivity index (χ2v) is 2.10. The van der Waals surface area contributed by atoms with Gasteiger partial charge in [0.15, 0.2) is 0 Å². The summed E-state index contributed by atoms with van der Waals surface area (Å²) in [6.07, 6.45) is 1.35. The van der Waals surface area contributed by atoms with Crippen molar-refractivity contribution in [2.24, 2.45) is 0 Å². The molecule has 0 saturated heterocycles. The Morgan fingerprint density at radius 2 is 2.27 bits per heavy atom. The zero-order chi connectivity index (χ0) is 7.56. The Hall–Kier alpha value is 0.546. The van der Waals surface area contributed by atoms with Crippen LogP contribution < -0.4 is 0 Å². The SMILES string of the molecule is O=C(O)c1cc(Cl)ccn1.[K]. The molecule has 0 unspecified atom stereocenters. The maximum absolute atomic E-state index is 10.2. The number of aromatic nitrogens is 1. The van der Waals surface area contributed by atoms with Gasteiger partial charge in [-0.25, -0.2) is 9.78 Å². The van der Waals surface area contributed by atoms with E-state index in [0.717, 1.165) is 0 Å². The molecule has 1 heterocycles. The fraction of sp³-hybridized carbons (Fsp3) is 0. The molecule has 11 heavy (non-hydrogen) atoms. The first kappa shape index (κ1) is 11.5. The number of hydrogen-bond acceptors (Lipinski definition) is 2. The molecule has 0 bridgehead atoms. The predicted molar refractivity (Wildman–Crippen MR) is 42.0 cm³/mol. The van der Waals surface area contributed by atoms with E-state index in [2.05, 4.69) is 4.98 Å². The van der Waals surface area contributed by atoms with Crippen LogP contribution in [-0.4, -0.2) is 67.4 Å². The monoisotopic (exact) mass is 196 g/mol. The van der Waals surface area contributed by atoms with Crippen molar-refractivity contribution in [3.63, 3.8) is 0 Å². The molecule has 3 nitrogen and oxygen atoms in total. The Bertz CT molecular complexity index is 267. The predicted octanol–water partition coefficient (Wildman–Crippen LogP) is 1.05. The number of carbonyl (C=O) groups is 1. The van der Waals surface area contributed by atoms with E-state index in [4.69, 9.17) is 16.7 Å². The van der Waals surface area contributed by atoms with Gasteiger partial charge in [-0.05, 0) is 12.1 Å². The molecule has 0 fully saturated rings. The summed E-state index contributed by atoms with van der Waals surface area (Å²) in [5.41, 5.74) is -0.0347. The Labute approximate surface area is 111 Å². The average molecular weight is 197 g/mol. The third-order valence-corrected chi connectivity index (χ3v) is 1.18. The number of aromatic carboxylic acids is 1. The molecule has 0 saturated carbocycles. The summed E-state index contributed by atoms with van der Waals surface area (Å²) in [6.45, 7) is 0. The Balaban J connectivity index is 0.000001000. The maximum Gasteiger partial charge on any atom is 0.354 e. The van der Waals surface area contributed by atoms with Crippen molar-refractivity contribution in [1.29, 1.82) is 0 Å². The number of nitrogens with zero attached hydrogens (tertiary/aromatic N) is 1. The molecule has 0 spiro atoms. The van der Waals surface area contributed by atoms with Crippen LogP contribution in [0.4, 0.5) is 0 Å². The van der Waals surface area contributed by atoms with Gasteiger partial charge >= 0.3 is 5.97 Å². The Kier molecular flexibility index (Phi) is 5.50. The van der Waals surface area contributed by atoms with Crippen LogP contribution in [0.2, 0.25) is 5.02 Å². The van der Waals surface area contributed by atoms with Crippen LogP contribution >= 0.6 is 11.6 Å². The number of hydrogen-bond donors (Lipinski definition) is 1. The fourth-order valence-electron chi connectivity index (χ4n) is 0.522. The first-order chi connectivity index (χ1) is 4.70. The molecule has 1 N–H and O–H groups in total. The zero-order valence-electron chi connectivity index (χ0n) is 5.91. The van der Waals surface area contributed by atoms with Crippen molar-refractivity contribution in [3.8, 4) is 0 Å². The quantitative estimate of drug-likeness (QED) is 0.684. The summed E-state index contributed by atoms with van der Waals surface area (Å²) in [4.78, 5) is 13.8. The van der Waals surface area contributed by atoms with Gasteiger partial charge in [0.2, 0.25) is 0 Å². The van der Waals surface area contributed by atoms with Gasteiger partial charge in [-0.3, -0.25) is 0 Å². The van der Waals surface area contributed by atoms with Crippen LogP contribution in [0.15, 0.2) is 18.3 Å². The first-order valence-corrected chi connectivity index (χ1v) is 2.93. The van der Waals surface area contributed by atoms with Crippen molar-refractivity contribution in [2.75, 3.05) is 0 Å². The van der Waals surface area contributed by atoms with Crippen molar-refractivity contribution in [3.05, 3.63) is 29.0 Å². The topological polar surface area (TPSA) is 50.2 Å². The normalized spacial score (nSPS) is 8.45. The second kappa shape index (κ2) is 5.24. The molecule has 0 aliphatic rings. The van der Waals surface area contributed by atoms with Crippen LogP contribution in [0, 0.1) is 0 Å². The molecule has 1 aromatic rings. The van der Waals surface area contributed by atoms with Crippen molar-refractivity contribution < 1.29 is 9.90 Å². The van der Waals surface area contributed by atoms with Gasteiger partial charge in [-0.15, -0.1) is 0 Å². The Morgan fingerprint density at radius 1 is 1.64 bits per heavy atom. The summed E-state index contributed by atoms with van der Waals surface area (Å²) in [6, 6.07) is 2.82. The van der Waals surface area contributed by atoms with Crippen molar-refractivity contribution >= 4 is 69.0 Å². The number of rotatable bonds is 1. The van der Waals surface area contributed by atoms with E-state index in [-0.39, 0.29) is 57.1 Å². The molecule has 0 atom stereocenters. The fourth-order valence-corrected chi connectivity index (χ4v) is 0.681. The van der Waals surface area contributed by atoms with E-state index in [1.807, 2.05) is 0 Å². The zero-order valence-corrected chi connectivity index (χ0v) is 9.79. The van der Waals surface area contributed by atoms with Crippen molar-refractivity contribution in [2.45, 2.75) is 0 Å². The van der Waals surface area contributed by atoms with Crippen LogP contribution in [0.5, 0.6) is 0 Å². The van der Waals surface area contributed by atoms with E-state index >= 15 is 0 Å². The molecule has 53 valence electrons. The molecule has 0 amide bonds. The van der Waals surface area contributed by atoms with E-state index in [1.54, 1.807) is 0 Å². The van der Waals surface area contributed by atoms with Gasteiger partial charge < -0.3 is 5.11 Å². The minimum Gasteiger partial charge on any atom is -0.477 e. The summed E-state index contributed by atoms with van der Waals surface area (Å²) in [5.74, 6) is -1.07. The maximum atomic E-state index is 10.2. The van der Waals surface area contributed by atoms with Gasteiger partial charge in [0.1, 0.15) is 5.69 Å².